The molecule has 0 aliphatic heterocycles. The Balaban J connectivity index is 0.000000118. The maximum absolute atomic E-state index is 5.26. The molecule has 0 spiro atoms. The molecule has 84 heavy (non-hydrogen) atoms. The van der Waals surface area contributed by atoms with E-state index in [4.69, 9.17) is 34.6 Å². The van der Waals surface area contributed by atoms with Crippen molar-refractivity contribution in [1.29, 1.82) is 0 Å². The van der Waals surface area contributed by atoms with Crippen molar-refractivity contribution in [3.8, 4) is 69.2 Å². The van der Waals surface area contributed by atoms with Gasteiger partial charge in [0.25, 0.3) is 0 Å². The third kappa shape index (κ3) is 10.9. The van der Waals surface area contributed by atoms with Crippen LogP contribution in [0.15, 0.2) is 164 Å². The van der Waals surface area contributed by atoms with Crippen LogP contribution in [0.3, 0.4) is 0 Å². The van der Waals surface area contributed by atoms with Crippen LogP contribution in [0.4, 0.5) is 0 Å². The molecule has 7 aromatic heterocycles. The van der Waals surface area contributed by atoms with Crippen LogP contribution in [0, 0.1) is 41.5 Å². The second kappa shape index (κ2) is 23.7. The minimum absolute atomic E-state index is 0.852. The summed E-state index contributed by atoms with van der Waals surface area (Å²) in [5, 5.41) is 6.27. The third-order valence-electron chi connectivity index (χ3n) is 14.6. The molecule has 0 aliphatic rings. The fourth-order valence-corrected chi connectivity index (χ4v) is 17.9. The van der Waals surface area contributed by atoms with Gasteiger partial charge in [-0.15, -0.1) is 68.0 Å². The van der Waals surface area contributed by atoms with Crippen LogP contribution in [-0.4, -0.2) is 42.0 Å². The number of pyridine rings is 1. The smallest absolute Gasteiger partial charge is 0.124 e. The molecule has 0 N–H and O–H groups in total. The van der Waals surface area contributed by atoms with Crippen LogP contribution in [0.25, 0.3) is 125 Å². The van der Waals surface area contributed by atoms with E-state index in [0.717, 1.165) is 131 Å². The molecule has 0 aliphatic carbocycles. The highest BCUT2D eigenvalue weighted by molar-refractivity contribution is 9.11. The van der Waals surface area contributed by atoms with Crippen LogP contribution in [0.5, 0.6) is 5.75 Å². The van der Waals surface area contributed by atoms with Crippen molar-refractivity contribution in [3.05, 3.63) is 197 Å². The summed E-state index contributed by atoms with van der Waals surface area (Å²) in [6.45, 7) is 13.0. The van der Waals surface area contributed by atoms with Crippen molar-refractivity contribution in [2.24, 2.45) is 0 Å². The minimum atomic E-state index is 0.852. The molecule has 8 aromatic carbocycles. The van der Waals surface area contributed by atoms with Gasteiger partial charge in [-0.3, -0.25) is 4.98 Å². The zero-order chi connectivity index (χ0) is 58.1. The highest BCUT2D eigenvalue weighted by Gasteiger charge is 2.22. The first kappa shape index (κ1) is 57.1. The van der Waals surface area contributed by atoms with Gasteiger partial charge in [-0.05, 0) is 149 Å². The Morgan fingerprint density at radius 2 is 0.488 bits per heavy atom. The molecule has 0 unspecified atom stereocenters. The molecule has 7 heterocycles. The van der Waals surface area contributed by atoms with Gasteiger partial charge < -0.3 is 4.74 Å². The normalized spacial score (nSPS) is 11.5. The van der Waals surface area contributed by atoms with Gasteiger partial charge in [-0.2, -0.15) is 0 Å². The molecule has 0 bridgehead atoms. The second-order valence-electron chi connectivity index (χ2n) is 19.9. The number of nitrogens with zero attached hydrogens (tertiary/aromatic N) is 7. The number of fused-ring (bicyclic) bond motifs is 6. The van der Waals surface area contributed by atoms with E-state index >= 15 is 0 Å². The van der Waals surface area contributed by atoms with Gasteiger partial charge in [-0.25, -0.2) is 29.9 Å². The molecular formula is C66H45Br4N7OS6. The number of hydrogen-bond donors (Lipinski definition) is 0. The molecule has 0 fully saturated rings. The van der Waals surface area contributed by atoms with Crippen molar-refractivity contribution in [1.82, 2.24) is 34.9 Å². The van der Waals surface area contributed by atoms with E-state index in [1.165, 1.54) is 50.5 Å². The maximum Gasteiger partial charge on any atom is 0.124 e. The Bertz CT molecular complexity index is 4390. The second-order valence-corrected chi connectivity index (χ2v) is 29.6. The summed E-state index contributed by atoms with van der Waals surface area (Å²) in [5.41, 5.74) is 20.5. The number of ether oxygens (including phenoxy) is 1. The van der Waals surface area contributed by atoms with E-state index in [1.807, 2.05) is 36.7 Å². The number of benzene rings is 8. The van der Waals surface area contributed by atoms with Crippen LogP contribution < -0.4 is 4.74 Å². The number of aromatic nitrogens is 7. The first-order valence-electron chi connectivity index (χ1n) is 26.4. The molecule has 8 nitrogen and oxygen atoms in total. The van der Waals surface area contributed by atoms with E-state index in [1.54, 1.807) is 75.1 Å². The lowest BCUT2D eigenvalue weighted by Crippen LogP contribution is -1.85. The molecular weight excluding hydrogens is 1420 g/mol. The van der Waals surface area contributed by atoms with Gasteiger partial charge in [0.2, 0.25) is 0 Å². The first-order chi connectivity index (χ1) is 40.7. The zero-order valence-corrected chi connectivity index (χ0v) is 57.1. The fourth-order valence-electron chi connectivity index (χ4n) is 9.96. The van der Waals surface area contributed by atoms with E-state index in [0.29, 0.717) is 0 Å². The topological polar surface area (TPSA) is 99.5 Å². The SMILES string of the molecule is COc1ccc(-c2nc3c(C)c4nc(-c5ccncc5)sc4c(C)c3s2)cc1.Cc1c2nc(-c3ccc(Br)cc3)sc2c(C)c2nc(-c3ccc(Br)cc3)sc12.Cc1c2nc(-c3ccc(Br)cc3)sc2c(C)c2sc(-c3ccc(Br)cc3)nc12. The van der Waals surface area contributed by atoms with Gasteiger partial charge in [0.15, 0.2) is 0 Å². The monoisotopic (exact) mass is 1460 g/mol. The Kier molecular flexibility index (Phi) is 16.1. The molecule has 0 saturated heterocycles. The summed E-state index contributed by atoms with van der Waals surface area (Å²) in [6.07, 6.45) is 3.62. The summed E-state index contributed by atoms with van der Waals surface area (Å²) in [7, 11) is 1.68. The summed E-state index contributed by atoms with van der Waals surface area (Å²) in [4.78, 5) is 33.9. The van der Waals surface area contributed by atoms with Crippen LogP contribution in [0.1, 0.15) is 33.4 Å². The van der Waals surface area contributed by atoms with Crippen molar-refractivity contribution in [3.63, 3.8) is 0 Å². The molecule has 0 atom stereocenters. The predicted molar refractivity (Wildman–Crippen MR) is 375 cm³/mol. The quantitative estimate of drug-likeness (QED) is 0.156. The van der Waals surface area contributed by atoms with Gasteiger partial charge >= 0.3 is 0 Å². The molecule has 0 radical (unpaired) electrons. The lowest BCUT2D eigenvalue weighted by molar-refractivity contribution is 0.415. The highest BCUT2D eigenvalue weighted by Crippen LogP contribution is 2.46. The number of thiazole rings is 6. The maximum atomic E-state index is 5.26. The van der Waals surface area contributed by atoms with Gasteiger partial charge in [0.1, 0.15) is 35.8 Å². The van der Waals surface area contributed by atoms with E-state index in [-0.39, 0.29) is 0 Å². The van der Waals surface area contributed by atoms with E-state index < -0.39 is 0 Å². The van der Waals surface area contributed by atoms with Crippen molar-refractivity contribution in [2.45, 2.75) is 41.5 Å². The largest absolute Gasteiger partial charge is 0.497 e. The van der Waals surface area contributed by atoms with Gasteiger partial charge in [-0.1, -0.05) is 112 Å². The molecule has 414 valence electrons. The van der Waals surface area contributed by atoms with Crippen LogP contribution in [-0.2, 0) is 0 Å². The Morgan fingerprint density at radius 1 is 0.274 bits per heavy atom. The Hall–Kier alpha value is -6.03. The summed E-state index contributed by atoms with van der Waals surface area (Å²) >= 11 is 24.5. The lowest BCUT2D eigenvalue weighted by Gasteiger charge is -2.00. The Labute approximate surface area is 542 Å². The molecule has 18 heteroatoms. The predicted octanol–water partition coefficient (Wildman–Crippen LogP) is 23.0. The van der Waals surface area contributed by atoms with Crippen molar-refractivity contribution >= 4 is 193 Å². The van der Waals surface area contributed by atoms with Gasteiger partial charge in [0, 0.05) is 74.8 Å². The Morgan fingerprint density at radius 3 is 0.738 bits per heavy atom. The zero-order valence-electron chi connectivity index (χ0n) is 45.9. The van der Waals surface area contributed by atoms with Gasteiger partial charge in [0.05, 0.1) is 68.4 Å². The van der Waals surface area contributed by atoms with Crippen molar-refractivity contribution < 1.29 is 4.74 Å². The molecule has 0 amide bonds. The van der Waals surface area contributed by atoms with E-state index in [2.05, 4.69) is 219 Å². The number of aryl methyl sites for hydroxylation is 6. The summed E-state index contributed by atoms with van der Waals surface area (Å²) in [6, 6.07) is 45.4. The average molecular weight is 1460 g/mol. The fraction of sp³-hybridized carbons (Fsp3) is 0.106. The molecule has 15 aromatic rings. The van der Waals surface area contributed by atoms with E-state index in [9.17, 15) is 0 Å². The minimum Gasteiger partial charge on any atom is -0.497 e. The molecule has 0 saturated carbocycles. The average Bonchev–Trinajstić information content (AvgIpc) is 2.18. The highest BCUT2D eigenvalue weighted by atomic mass is 79.9. The standard InChI is InChI=1S/2C22H14Br2N2S2.C22H17N3OS2/c1-11-17-20(28-21(25-17)13-3-7-15(23)8-4-13)12(2)18-19(11)27-22(26-18)14-5-9-16(24)10-6-14;1-11-17-19(27-21(25-17)13-3-7-15(23)8-4-13)12(2)20-18(11)26-22(28-20)14-5-9-16(24)10-6-14;1-12-17-19(27-21(24-17)14-4-6-16(26-3)7-5-14)13(2)20-18(12)25-22(28-20)15-8-10-23-11-9-15/h2*3-10H,1-2H3;4-11H,1-3H3. The summed E-state index contributed by atoms with van der Waals surface area (Å²) in [5.74, 6) is 0.852. The number of methoxy groups -OCH3 is 1. The summed E-state index contributed by atoms with van der Waals surface area (Å²) < 4.78 is 17.0. The number of rotatable bonds is 7. The number of hydrogen-bond acceptors (Lipinski definition) is 14. The van der Waals surface area contributed by atoms with Crippen LogP contribution >= 0.6 is 132 Å². The lowest BCUT2D eigenvalue weighted by atomic mass is 10.1. The van der Waals surface area contributed by atoms with Crippen LogP contribution in [0.2, 0.25) is 0 Å². The molecule has 15 rings (SSSR count). The van der Waals surface area contributed by atoms with Crippen molar-refractivity contribution in [2.75, 3.05) is 7.11 Å². The third-order valence-corrected chi connectivity index (χ3v) is 24.0. The first-order valence-corrected chi connectivity index (χ1v) is 34.4. The number of halogens is 4.